The Labute approximate surface area is 217 Å². The van der Waals surface area contributed by atoms with Gasteiger partial charge in [-0.15, -0.1) is 0 Å². The number of benzene rings is 3. The molecule has 1 heterocycles. The minimum atomic E-state index is -0.431. The molecule has 5 nitrogen and oxygen atoms in total. The number of rotatable bonds is 6. The third kappa shape index (κ3) is 5.30. The van der Waals surface area contributed by atoms with Crippen LogP contribution in [0.1, 0.15) is 11.1 Å². The van der Waals surface area contributed by atoms with Gasteiger partial charge in [-0.3, -0.25) is 9.59 Å². The summed E-state index contributed by atoms with van der Waals surface area (Å²) in [6, 6.07) is 18.1. The first-order chi connectivity index (χ1) is 15.9. The second-order valence-electron chi connectivity index (χ2n) is 6.91. The lowest BCUT2D eigenvalue weighted by Gasteiger charge is -2.14. The van der Waals surface area contributed by atoms with Crippen molar-refractivity contribution in [3.63, 3.8) is 0 Å². The van der Waals surface area contributed by atoms with Gasteiger partial charge in [-0.25, -0.2) is 4.90 Å². The zero-order valence-electron chi connectivity index (χ0n) is 17.2. The van der Waals surface area contributed by atoms with E-state index in [9.17, 15) is 9.59 Å². The molecule has 3 aromatic rings. The van der Waals surface area contributed by atoms with Gasteiger partial charge < -0.3 is 9.47 Å². The van der Waals surface area contributed by atoms with E-state index in [2.05, 4.69) is 31.9 Å². The molecule has 1 aliphatic rings. The predicted molar refractivity (Wildman–Crippen MR) is 139 cm³/mol. The molecule has 0 unspecified atom stereocenters. The fraction of sp³-hybridized carbons (Fsp3) is 0.0833. The van der Waals surface area contributed by atoms with Crippen LogP contribution in [0.4, 0.5) is 10.5 Å². The quantitative estimate of drug-likeness (QED) is 0.268. The lowest BCUT2D eigenvalue weighted by molar-refractivity contribution is -0.113. The molecule has 0 spiro atoms. The van der Waals surface area contributed by atoms with Gasteiger partial charge in [-0.2, -0.15) is 0 Å². The number of anilines is 1. The number of carbonyl (C=O) groups is 2. The van der Waals surface area contributed by atoms with Gasteiger partial charge in [0, 0.05) is 8.95 Å². The van der Waals surface area contributed by atoms with E-state index in [4.69, 9.17) is 21.1 Å². The molecular weight excluding hydrogens is 594 g/mol. The summed E-state index contributed by atoms with van der Waals surface area (Å²) in [5, 5.41) is -0.0759. The molecule has 0 saturated carbocycles. The molecule has 33 heavy (non-hydrogen) atoms. The number of halogens is 3. The molecule has 0 N–H and O–H groups in total. The molecule has 0 bridgehead atoms. The highest BCUT2D eigenvalue weighted by atomic mass is 79.9. The number of hydrogen-bond acceptors (Lipinski definition) is 5. The zero-order valence-corrected chi connectivity index (χ0v) is 21.9. The third-order valence-electron chi connectivity index (χ3n) is 4.76. The first-order valence-electron chi connectivity index (χ1n) is 9.64. The third-order valence-corrected chi connectivity index (χ3v) is 7.17. The number of carbonyl (C=O) groups excluding carboxylic acids is 2. The molecule has 3 aromatic carbocycles. The molecule has 0 aliphatic carbocycles. The van der Waals surface area contributed by atoms with Crippen molar-refractivity contribution >= 4 is 78.1 Å². The van der Waals surface area contributed by atoms with Crippen LogP contribution in [-0.2, 0) is 11.4 Å². The van der Waals surface area contributed by atoms with Crippen molar-refractivity contribution in [2.45, 2.75) is 6.61 Å². The second-order valence-corrected chi connectivity index (χ2v) is 10.1. The number of methoxy groups -OCH3 is 1. The smallest absolute Gasteiger partial charge is 0.298 e. The van der Waals surface area contributed by atoms with Crippen molar-refractivity contribution in [1.82, 2.24) is 0 Å². The zero-order chi connectivity index (χ0) is 23.5. The molecule has 2 amide bonds. The summed E-state index contributed by atoms with van der Waals surface area (Å²) in [6.45, 7) is 0.367. The van der Waals surface area contributed by atoms with E-state index in [1.165, 1.54) is 0 Å². The van der Waals surface area contributed by atoms with E-state index >= 15 is 0 Å². The Kier molecular flexibility index (Phi) is 7.48. The van der Waals surface area contributed by atoms with E-state index in [0.717, 1.165) is 26.7 Å². The minimum absolute atomic E-state index is 0.284. The van der Waals surface area contributed by atoms with Crippen molar-refractivity contribution in [3.05, 3.63) is 90.7 Å². The molecule has 168 valence electrons. The summed E-state index contributed by atoms with van der Waals surface area (Å²) in [5.74, 6) is 0.625. The van der Waals surface area contributed by atoms with E-state index in [0.29, 0.717) is 38.9 Å². The normalized spacial score (nSPS) is 14.8. The highest BCUT2D eigenvalue weighted by Crippen LogP contribution is 2.41. The van der Waals surface area contributed by atoms with E-state index in [-0.39, 0.29) is 4.91 Å². The lowest BCUT2D eigenvalue weighted by Crippen LogP contribution is -2.27. The van der Waals surface area contributed by atoms with Crippen LogP contribution in [0, 0.1) is 0 Å². The molecule has 0 atom stereocenters. The number of nitrogens with zero attached hydrogens (tertiary/aromatic N) is 1. The van der Waals surface area contributed by atoms with Crippen LogP contribution in [0.15, 0.2) is 74.5 Å². The summed E-state index contributed by atoms with van der Waals surface area (Å²) in [6.07, 6.45) is 1.65. The van der Waals surface area contributed by atoms with E-state index in [1.54, 1.807) is 49.6 Å². The number of para-hydroxylation sites is 1. The topological polar surface area (TPSA) is 55.8 Å². The Balaban J connectivity index is 1.59. The van der Waals surface area contributed by atoms with Crippen LogP contribution >= 0.6 is 55.2 Å². The van der Waals surface area contributed by atoms with E-state index in [1.807, 2.05) is 24.3 Å². The Morgan fingerprint density at radius 1 is 1.03 bits per heavy atom. The monoisotopic (exact) mass is 607 g/mol. The Bertz CT molecular complexity index is 1260. The van der Waals surface area contributed by atoms with Crippen LogP contribution in [0.5, 0.6) is 11.5 Å². The highest BCUT2D eigenvalue weighted by molar-refractivity contribution is 9.10. The van der Waals surface area contributed by atoms with Crippen molar-refractivity contribution < 1.29 is 19.1 Å². The van der Waals surface area contributed by atoms with Gasteiger partial charge in [0.2, 0.25) is 0 Å². The van der Waals surface area contributed by atoms with Crippen molar-refractivity contribution in [3.8, 4) is 11.5 Å². The number of hydrogen-bond donors (Lipinski definition) is 0. The first-order valence-corrected chi connectivity index (χ1v) is 12.4. The summed E-state index contributed by atoms with van der Waals surface area (Å²) in [7, 11) is 1.55. The second kappa shape index (κ2) is 10.3. The highest BCUT2D eigenvalue weighted by Gasteiger charge is 2.37. The van der Waals surface area contributed by atoms with Gasteiger partial charge >= 0.3 is 0 Å². The molecule has 1 aliphatic heterocycles. The maximum absolute atomic E-state index is 13.0. The van der Waals surface area contributed by atoms with E-state index < -0.39 is 11.1 Å². The summed E-state index contributed by atoms with van der Waals surface area (Å²) in [4.78, 5) is 26.9. The number of thioether (sulfide) groups is 1. The Morgan fingerprint density at radius 3 is 2.45 bits per heavy atom. The fourth-order valence-electron chi connectivity index (χ4n) is 3.13. The van der Waals surface area contributed by atoms with Gasteiger partial charge in [-0.1, -0.05) is 67.7 Å². The van der Waals surface area contributed by atoms with Gasteiger partial charge in [-0.05, 0) is 65.4 Å². The van der Waals surface area contributed by atoms with Gasteiger partial charge in [0.25, 0.3) is 11.1 Å². The predicted octanol–water partition coefficient (Wildman–Crippen LogP) is 7.69. The molecule has 4 rings (SSSR count). The Morgan fingerprint density at radius 2 is 1.76 bits per heavy atom. The van der Waals surface area contributed by atoms with Gasteiger partial charge in [0.05, 0.1) is 22.7 Å². The van der Waals surface area contributed by atoms with Crippen molar-refractivity contribution in [2.24, 2.45) is 0 Å². The largest absolute Gasteiger partial charge is 0.493 e. The summed E-state index contributed by atoms with van der Waals surface area (Å²) < 4.78 is 13.1. The van der Waals surface area contributed by atoms with Crippen LogP contribution in [-0.4, -0.2) is 18.3 Å². The molecule has 1 fully saturated rings. The average molecular weight is 610 g/mol. The maximum atomic E-state index is 13.0. The van der Waals surface area contributed by atoms with Crippen LogP contribution in [0.3, 0.4) is 0 Å². The number of imide groups is 1. The van der Waals surface area contributed by atoms with Crippen molar-refractivity contribution in [1.29, 1.82) is 0 Å². The number of amides is 2. The SMILES string of the molecule is COc1cc(/C=C2\SC(=O)N(c3ccccc3Cl)C2=O)c(Br)cc1OCc1ccc(Br)cc1. The minimum Gasteiger partial charge on any atom is -0.493 e. The van der Waals surface area contributed by atoms with Crippen molar-refractivity contribution in [2.75, 3.05) is 12.0 Å². The number of ether oxygens (including phenoxy) is 2. The summed E-state index contributed by atoms with van der Waals surface area (Å²) in [5.41, 5.74) is 2.04. The molecule has 9 heteroatoms. The molecular formula is C24H16Br2ClNO4S. The average Bonchev–Trinajstić information content (AvgIpc) is 3.08. The molecule has 1 saturated heterocycles. The summed E-state index contributed by atoms with van der Waals surface area (Å²) >= 11 is 14.0. The lowest BCUT2D eigenvalue weighted by atomic mass is 10.1. The Hall–Kier alpha value is -2.26. The first kappa shape index (κ1) is 23.9. The fourth-order valence-corrected chi connectivity index (χ4v) is 4.87. The van der Waals surface area contributed by atoms with Gasteiger partial charge in [0.1, 0.15) is 6.61 Å². The van der Waals surface area contributed by atoms with Crippen LogP contribution in [0.2, 0.25) is 5.02 Å². The molecule has 0 aromatic heterocycles. The van der Waals surface area contributed by atoms with Crippen LogP contribution in [0.25, 0.3) is 6.08 Å². The molecule has 0 radical (unpaired) electrons. The maximum Gasteiger partial charge on any atom is 0.298 e. The standard InChI is InChI=1S/C24H16Br2ClNO4S/c1-31-20-10-15(17(26)12-21(20)32-13-14-6-8-16(25)9-7-14)11-22-23(29)28(24(30)33-22)19-5-3-2-4-18(19)27/h2-12H,13H2,1H3/b22-11-. The van der Waals surface area contributed by atoms with Crippen LogP contribution < -0.4 is 14.4 Å². The van der Waals surface area contributed by atoms with Gasteiger partial charge in [0.15, 0.2) is 11.5 Å².